The third-order valence-electron chi connectivity index (χ3n) is 2.88. The van der Waals surface area contributed by atoms with Crippen molar-refractivity contribution < 1.29 is 9.59 Å². The molecule has 0 aliphatic rings. The summed E-state index contributed by atoms with van der Waals surface area (Å²) in [6.07, 6.45) is 4.83. The SMILES string of the molecule is CCCCCCC(=O)NNC(=O)Cc1ccc(Cl)cc1. The van der Waals surface area contributed by atoms with E-state index in [1.54, 1.807) is 24.3 Å². The second-order valence-electron chi connectivity index (χ2n) is 4.71. The standard InChI is InChI=1S/C15H21ClN2O2/c1-2-3-4-5-6-14(19)17-18-15(20)11-12-7-9-13(16)10-8-12/h7-10H,2-6,11H2,1H3,(H,17,19)(H,18,20). The van der Waals surface area contributed by atoms with E-state index in [0.717, 1.165) is 31.2 Å². The number of halogens is 1. The summed E-state index contributed by atoms with van der Waals surface area (Å²) >= 11 is 5.76. The van der Waals surface area contributed by atoms with Crippen molar-refractivity contribution in [2.75, 3.05) is 0 Å². The van der Waals surface area contributed by atoms with Gasteiger partial charge in [0.15, 0.2) is 0 Å². The summed E-state index contributed by atoms with van der Waals surface area (Å²) in [5, 5.41) is 0.634. The van der Waals surface area contributed by atoms with E-state index in [4.69, 9.17) is 11.6 Å². The number of rotatable bonds is 7. The summed E-state index contributed by atoms with van der Waals surface area (Å²) in [4.78, 5) is 23.1. The zero-order valence-electron chi connectivity index (χ0n) is 11.7. The minimum absolute atomic E-state index is 0.148. The number of hydrogen-bond donors (Lipinski definition) is 2. The van der Waals surface area contributed by atoms with Crippen LogP contribution in [0, 0.1) is 0 Å². The predicted octanol–water partition coefficient (Wildman–Crippen LogP) is 3.00. The first-order valence-corrected chi connectivity index (χ1v) is 7.31. The van der Waals surface area contributed by atoms with Crippen LogP contribution in [0.1, 0.15) is 44.6 Å². The molecule has 110 valence electrons. The molecule has 0 aliphatic carbocycles. The largest absolute Gasteiger partial charge is 0.273 e. The van der Waals surface area contributed by atoms with Crippen LogP contribution in [-0.4, -0.2) is 11.8 Å². The second kappa shape index (κ2) is 9.37. The van der Waals surface area contributed by atoms with Gasteiger partial charge in [0, 0.05) is 11.4 Å². The van der Waals surface area contributed by atoms with E-state index >= 15 is 0 Å². The molecule has 1 rings (SSSR count). The Kier molecular flexibility index (Phi) is 7.73. The zero-order valence-corrected chi connectivity index (χ0v) is 12.5. The molecule has 2 amide bonds. The van der Waals surface area contributed by atoms with Gasteiger partial charge in [-0.15, -0.1) is 0 Å². The molecule has 5 heteroatoms. The lowest BCUT2D eigenvalue weighted by Gasteiger charge is -2.07. The van der Waals surface area contributed by atoms with Crippen LogP contribution >= 0.6 is 11.6 Å². The van der Waals surface area contributed by atoms with E-state index in [9.17, 15) is 9.59 Å². The minimum Gasteiger partial charge on any atom is -0.273 e. The smallest absolute Gasteiger partial charge is 0.242 e. The number of amides is 2. The average molecular weight is 297 g/mol. The van der Waals surface area contributed by atoms with Gasteiger partial charge in [0.05, 0.1) is 6.42 Å². The highest BCUT2D eigenvalue weighted by Gasteiger charge is 2.05. The normalized spacial score (nSPS) is 10.1. The highest BCUT2D eigenvalue weighted by molar-refractivity contribution is 6.30. The number of nitrogens with one attached hydrogen (secondary N) is 2. The van der Waals surface area contributed by atoms with Crippen LogP contribution in [0.5, 0.6) is 0 Å². The van der Waals surface area contributed by atoms with Crippen LogP contribution in [0.4, 0.5) is 0 Å². The van der Waals surface area contributed by atoms with Crippen LogP contribution in [0.2, 0.25) is 5.02 Å². The maximum Gasteiger partial charge on any atom is 0.242 e. The summed E-state index contributed by atoms with van der Waals surface area (Å²) in [7, 11) is 0. The average Bonchev–Trinajstić information content (AvgIpc) is 2.44. The minimum atomic E-state index is -0.241. The summed E-state index contributed by atoms with van der Waals surface area (Å²) in [5.41, 5.74) is 5.69. The number of hydrogen-bond acceptors (Lipinski definition) is 2. The van der Waals surface area contributed by atoms with Crippen LogP contribution < -0.4 is 10.9 Å². The van der Waals surface area contributed by atoms with Gasteiger partial charge in [0.1, 0.15) is 0 Å². The van der Waals surface area contributed by atoms with E-state index < -0.39 is 0 Å². The van der Waals surface area contributed by atoms with Gasteiger partial charge < -0.3 is 0 Å². The molecule has 0 bridgehead atoms. The molecule has 0 fully saturated rings. The molecule has 0 spiro atoms. The Labute approximate surface area is 124 Å². The third-order valence-corrected chi connectivity index (χ3v) is 3.13. The molecule has 0 atom stereocenters. The van der Waals surface area contributed by atoms with Gasteiger partial charge in [-0.05, 0) is 24.1 Å². The van der Waals surface area contributed by atoms with E-state index in [0.29, 0.717) is 11.4 Å². The fraction of sp³-hybridized carbons (Fsp3) is 0.467. The molecule has 2 N–H and O–H groups in total. The molecule has 4 nitrogen and oxygen atoms in total. The van der Waals surface area contributed by atoms with E-state index in [-0.39, 0.29) is 18.2 Å². The van der Waals surface area contributed by atoms with Gasteiger partial charge in [0.25, 0.3) is 0 Å². The Morgan fingerprint density at radius 1 is 1.00 bits per heavy atom. The van der Waals surface area contributed by atoms with Gasteiger partial charge in [-0.1, -0.05) is 49.9 Å². The number of benzene rings is 1. The van der Waals surface area contributed by atoms with Crippen molar-refractivity contribution >= 4 is 23.4 Å². The Morgan fingerprint density at radius 3 is 2.30 bits per heavy atom. The summed E-state index contributed by atoms with van der Waals surface area (Å²) < 4.78 is 0. The topological polar surface area (TPSA) is 58.2 Å². The van der Waals surface area contributed by atoms with Crippen molar-refractivity contribution in [3.05, 3.63) is 34.9 Å². The van der Waals surface area contributed by atoms with Crippen molar-refractivity contribution in [2.24, 2.45) is 0 Å². The zero-order chi connectivity index (χ0) is 14.8. The maximum atomic E-state index is 11.6. The van der Waals surface area contributed by atoms with Crippen LogP contribution in [-0.2, 0) is 16.0 Å². The lowest BCUT2D eigenvalue weighted by Crippen LogP contribution is -2.42. The molecule has 0 saturated carbocycles. The van der Waals surface area contributed by atoms with Crippen LogP contribution in [0.25, 0.3) is 0 Å². The van der Waals surface area contributed by atoms with E-state index in [2.05, 4.69) is 17.8 Å². The van der Waals surface area contributed by atoms with E-state index in [1.807, 2.05) is 0 Å². The highest BCUT2D eigenvalue weighted by atomic mass is 35.5. The Bertz CT molecular complexity index is 432. The molecule has 1 aromatic carbocycles. The van der Waals surface area contributed by atoms with Crippen molar-refractivity contribution in [1.82, 2.24) is 10.9 Å². The van der Waals surface area contributed by atoms with Gasteiger partial charge in [-0.3, -0.25) is 20.4 Å². The Balaban J connectivity index is 2.19. The monoisotopic (exact) mass is 296 g/mol. The molecule has 1 aromatic rings. The number of hydrazine groups is 1. The summed E-state index contributed by atoms with van der Waals surface area (Å²) in [5.74, 6) is -0.389. The van der Waals surface area contributed by atoms with Crippen molar-refractivity contribution in [1.29, 1.82) is 0 Å². The molecule has 0 aliphatic heterocycles. The molecule has 20 heavy (non-hydrogen) atoms. The van der Waals surface area contributed by atoms with Crippen LogP contribution in [0.3, 0.4) is 0 Å². The van der Waals surface area contributed by atoms with Crippen LogP contribution in [0.15, 0.2) is 24.3 Å². The maximum absolute atomic E-state index is 11.6. The Hall–Kier alpha value is -1.55. The van der Waals surface area contributed by atoms with Gasteiger partial charge in [-0.25, -0.2) is 0 Å². The Morgan fingerprint density at radius 2 is 1.65 bits per heavy atom. The number of carbonyl (C=O) groups is 2. The molecular weight excluding hydrogens is 276 g/mol. The summed E-state index contributed by atoms with van der Waals surface area (Å²) in [6, 6.07) is 7.04. The lowest BCUT2D eigenvalue weighted by atomic mass is 10.1. The lowest BCUT2D eigenvalue weighted by molar-refractivity contribution is -0.128. The predicted molar refractivity (Wildman–Crippen MR) is 80.2 cm³/mol. The quantitative estimate of drug-likeness (QED) is 0.600. The first kappa shape index (κ1) is 16.5. The molecule has 0 heterocycles. The fourth-order valence-electron chi connectivity index (χ4n) is 1.75. The van der Waals surface area contributed by atoms with Gasteiger partial charge in [-0.2, -0.15) is 0 Å². The molecule has 0 unspecified atom stereocenters. The molecular formula is C15H21ClN2O2. The fourth-order valence-corrected chi connectivity index (χ4v) is 1.87. The van der Waals surface area contributed by atoms with Crippen molar-refractivity contribution in [2.45, 2.75) is 45.4 Å². The van der Waals surface area contributed by atoms with E-state index in [1.165, 1.54) is 0 Å². The first-order valence-electron chi connectivity index (χ1n) is 6.94. The number of carbonyl (C=O) groups excluding carboxylic acids is 2. The molecule has 0 aromatic heterocycles. The second-order valence-corrected chi connectivity index (χ2v) is 5.15. The van der Waals surface area contributed by atoms with Crippen molar-refractivity contribution in [3.8, 4) is 0 Å². The van der Waals surface area contributed by atoms with Crippen molar-refractivity contribution in [3.63, 3.8) is 0 Å². The number of unbranched alkanes of at least 4 members (excludes halogenated alkanes) is 3. The molecule has 0 saturated heterocycles. The highest BCUT2D eigenvalue weighted by Crippen LogP contribution is 2.09. The van der Waals surface area contributed by atoms with Gasteiger partial charge in [0.2, 0.25) is 11.8 Å². The summed E-state index contributed by atoms with van der Waals surface area (Å²) in [6.45, 7) is 2.12. The molecule has 0 radical (unpaired) electrons. The van der Waals surface area contributed by atoms with Gasteiger partial charge >= 0.3 is 0 Å². The third kappa shape index (κ3) is 7.14. The first-order chi connectivity index (χ1) is 9.61.